The summed E-state index contributed by atoms with van der Waals surface area (Å²) < 4.78 is 0. The first-order valence-corrected chi connectivity index (χ1v) is 7.43. The van der Waals surface area contributed by atoms with Gasteiger partial charge in [-0.1, -0.05) is 32.1 Å². The van der Waals surface area contributed by atoms with Crippen LogP contribution in [0, 0.1) is 0 Å². The van der Waals surface area contributed by atoms with Gasteiger partial charge in [0.1, 0.15) is 0 Å². The molecular weight excluding hydrogens is 276 g/mol. The van der Waals surface area contributed by atoms with Gasteiger partial charge in [-0.2, -0.15) is 0 Å². The van der Waals surface area contributed by atoms with Crippen molar-refractivity contribution in [1.29, 1.82) is 0 Å². The van der Waals surface area contributed by atoms with Crippen molar-refractivity contribution >= 4 is 23.1 Å². The summed E-state index contributed by atoms with van der Waals surface area (Å²) in [6.07, 6.45) is 6.46. The number of carbonyl (C=O) groups is 1. The topological polar surface area (TPSA) is 63.1 Å². The van der Waals surface area contributed by atoms with Crippen LogP contribution in [0.5, 0.6) is 0 Å². The third-order valence-corrected chi connectivity index (χ3v) is 3.45. The van der Waals surface area contributed by atoms with E-state index in [1.54, 1.807) is 13.0 Å². The lowest BCUT2D eigenvalue weighted by Gasteiger charge is -2.08. The van der Waals surface area contributed by atoms with E-state index in [0.717, 1.165) is 35.3 Å². The zero-order valence-corrected chi connectivity index (χ0v) is 13.1. The Morgan fingerprint density at radius 3 is 2.64 bits per heavy atom. The molecule has 2 aromatic rings. The number of benzene rings is 1. The van der Waals surface area contributed by atoms with E-state index >= 15 is 0 Å². The third kappa shape index (κ3) is 3.58. The number of hydrogen-bond acceptors (Lipinski definition) is 3. The van der Waals surface area contributed by atoms with E-state index < -0.39 is 5.97 Å². The average molecular weight is 296 g/mol. The Morgan fingerprint density at radius 2 is 2.00 bits per heavy atom. The zero-order valence-electron chi connectivity index (χ0n) is 13.1. The number of hydrogen-bond donors (Lipinski definition) is 1. The van der Waals surface area contributed by atoms with Crippen LogP contribution in [-0.2, 0) is 17.6 Å². The summed E-state index contributed by atoms with van der Waals surface area (Å²) >= 11 is 0. The molecule has 1 aromatic carbocycles. The zero-order chi connectivity index (χ0) is 16.1. The van der Waals surface area contributed by atoms with Crippen molar-refractivity contribution < 1.29 is 9.90 Å². The van der Waals surface area contributed by atoms with Crippen molar-refractivity contribution in [2.45, 2.75) is 33.6 Å². The highest BCUT2D eigenvalue weighted by Crippen LogP contribution is 2.19. The molecule has 0 atom stereocenters. The molecule has 22 heavy (non-hydrogen) atoms. The second kappa shape index (κ2) is 6.98. The van der Waals surface area contributed by atoms with Crippen LogP contribution < -0.4 is 0 Å². The van der Waals surface area contributed by atoms with Crippen LogP contribution in [-0.4, -0.2) is 21.0 Å². The van der Waals surface area contributed by atoms with Gasteiger partial charge in [0.25, 0.3) is 0 Å². The average Bonchev–Trinajstić information content (AvgIpc) is 2.50. The predicted octanol–water partition coefficient (Wildman–Crippen LogP) is 3.80. The molecule has 0 aliphatic rings. The van der Waals surface area contributed by atoms with E-state index in [2.05, 4.69) is 18.0 Å². The second-order valence-electron chi connectivity index (χ2n) is 5.11. The number of aryl methyl sites for hydroxylation is 2. The van der Waals surface area contributed by atoms with Crippen LogP contribution in [0.2, 0.25) is 0 Å². The summed E-state index contributed by atoms with van der Waals surface area (Å²) in [6, 6.07) is 6.02. The first-order chi connectivity index (χ1) is 10.5. The number of rotatable bonds is 5. The van der Waals surface area contributed by atoms with Gasteiger partial charge >= 0.3 is 5.97 Å². The Morgan fingerprint density at radius 1 is 1.23 bits per heavy atom. The minimum atomic E-state index is -0.949. The molecule has 4 nitrogen and oxygen atoms in total. The molecule has 1 heterocycles. The summed E-state index contributed by atoms with van der Waals surface area (Å²) in [5.41, 5.74) is 5.40. The summed E-state index contributed by atoms with van der Waals surface area (Å²) in [5.74, 6) is -0.949. The van der Waals surface area contributed by atoms with Gasteiger partial charge in [-0.15, -0.1) is 0 Å². The Kier molecular flexibility index (Phi) is 5.04. The van der Waals surface area contributed by atoms with E-state index in [4.69, 9.17) is 10.1 Å². The van der Waals surface area contributed by atoms with Crippen LogP contribution in [0.15, 0.2) is 35.9 Å². The van der Waals surface area contributed by atoms with Crippen molar-refractivity contribution in [3.05, 3.63) is 52.9 Å². The molecule has 0 fully saturated rings. The van der Waals surface area contributed by atoms with Crippen molar-refractivity contribution in [3.63, 3.8) is 0 Å². The lowest BCUT2D eigenvalue weighted by atomic mass is 10.1. The number of allylic oxidation sites excluding steroid dienone is 2. The number of carboxylic acids is 1. The summed E-state index contributed by atoms with van der Waals surface area (Å²) in [6.45, 7) is 5.90. The maximum absolute atomic E-state index is 10.7. The highest BCUT2D eigenvalue weighted by atomic mass is 16.4. The SMILES string of the molecule is CCc1nc2c(CC)cccc2nc1/C=C/C(C)=C/C(=O)O. The minimum absolute atomic E-state index is 0.666. The van der Waals surface area contributed by atoms with E-state index in [1.807, 2.05) is 25.1 Å². The molecule has 114 valence electrons. The van der Waals surface area contributed by atoms with Crippen molar-refractivity contribution in [2.24, 2.45) is 0 Å². The molecule has 0 amide bonds. The standard InChI is InChI=1S/C18H20N2O2/c1-4-13-7-6-8-16-18(13)20-14(5-2)15(19-16)10-9-12(3)11-17(21)22/h6-11H,4-5H2,1-3H3,(H,21,22)/b10-9+,12-11+. The molecule has 0 aliphatic carbocycles. The van der Waals surface area contributed by atoms with Crippen molar-refractivity contribution in [1.82, 2.24) is 9.97 Å². The number of fused-ring (bicyclic) bond motifs is 1. The van der Waals surface area contributed by atoms with Gasteiger partial charge in [-0.3, -0.25) is 0 Å². The van der Waals surface area contributed by atoms with Crippen LogP contribution in [0.1, 0.15) is 37.7 Å². The fraction of sp³-hybridized carbons (Fsp3) is 0.278. The number of nitrogens with zero attached hydrogens (tertiary/aromatic N) is 2. The van der Waals surface area contributed by atoms with E-state index in [1.165, 1.54) is 11.6 Å². The van der Waals surface area contributed by atoms with Gasteiger partial charge < -0.3 is 5.11 Å². The van der Waals surface area contributed by atoms with Gasteiger partial charge in [-0.25, -0.2) is 14.8 Å². The first kappa shape index (κ1) is 15.9. The highest BCUT2D eigenvalue weighted by Gasteiger charge is 2.07. The Balaban J connectivity index is 2.50. The quantitative estimate of drug-likeness (QED) is 0.673. The Hall–Kier alpha value is -2.49. The molecule has 0 unspecified atom stereocenters. The maximum atomic E-state index is 10.7. The molecule has 0 radical (unpaired) electrons. The summed E-state index contributed by atoms with van der Waals surface area (Å²) in [7, 11) is 0. The molecule has 0 bridgehead atoms. The van der Waals surface area contributed by atoms with Gasteiger partial charge in [0.2, 0.25) is 0 Å². The van der Waals surface area contributed by atoms with Crippen LogP contribution >= 0.6 is 0 Å². The van der Waals surface area contributed by atoms with E-state index in [-0.39, 0.29) is 0 Å². The molecule has 0 spiro atoms. The fourth-order valence-corrected chi connectivity index (χ4v) is 2.32. The normalized spacial score (nSPS) is 12.2. The molecule has 0 saturated carbocycles. The van der Waals surface area contributed by atoms with E-state index in [9.17, 15) is 4.79 Å². The Labute approximate surface area is 130 Å². The Bertz CT molecular complexity index is 761. The molecular formula is C18H20N2O2. The number of aromatic nitrogens is 2. The molecule has 0 saturated heterocycles. The van der Waals surface area contributed by atoms with Gasteiger partial charge in [0.15, 0.2) is 0 Å². The molecule has 2 rings (SSSR count). The molecule has 4 heteroatoms. The number of carboxylic acid groups (broad SMARTS) is 1. The lowest BCUT2D eigenvalue weighted by molar-refractivity contribution is -0.131. The van der Waals surface area contributed by atoms with Gasteiger partial charge in [-0.05, 0) is 43.0 Å². The minimum Gasteiger partial charge on any atom is -0.478 e. The van der Waals surface area contributed by atoms with Crippen LogP contribution in [0.3, 0.4) is 0 Å². The number of aliphatic carboxylic acids is 1. The van der Waals surface area contributed by atoms with E-state index in [0.29, 0.717) is 5.57 Å². The van der Waals surface area contributed by atoms with Crippen molar-refractivity contribution in [2.75, 3.05) is 0 Å². The highest BCUT2D eigenvalue weighted by molar-refractivity contribution is 5.82. The van der Waals surface area contributed by atoms with Gasteiger partial charge in [0, 0.05) is 6.08 Å². The summed E-state index contributed by atoms with van der Waals surface area (Å²) in [5, 5.41) is 8.74. The van der Waals surface area contributed by atoms with Crippen LogP contribution in [0.25, 0.3) is 17.1 Å². The monoisotopic (exact) mass is 296 g/mol. The molecule has 1 aromatic heterocycles. The van der Waals surface area contributed by atoms with Crippen molar-refractivity contribution in [3.8, 4) is 0 Å². The van der Waals surface area contributed by atoms with Gasteiger partial charge in [0.05, 0.1) is 22.4 Å². The maximum Gasteiger partial charge on any atom is 0.328 e. The largest absolute Gasteiger partial charge is 0.478 e. The second-order valence-corrected chi connectivity index (χ2v) is 5.11. The number of para-hydroxylation sites is 1. The predicted molar refractivity (Wildman–Crippen MR) is 88.7 cm³/mol. The fourth-order valence-electron chi connectivity index (χ4n) is 2.32. The third-order valence-electron chi connectivity index (χ3n) is 3.45. The van der Waals surface area contributed by atoms with Crippen LogP contribution in [0.4, 0.5) is 0 Å². The smallest absolute Gasteiger partial charge is 0.328 e. The molecule has 1 N–H and O–H groups in total. The lowest BCUT2D eigenvalue weighted by Crippen LogP contribution is -1.99. The summed E-state index contributed by atoms with van der Waals surface area (Å²) in [4.78, 5) is 20.1. The molecule has 0 aliphatic heterocycles. The first-order valence-electron chi connectivity index (χ1n) is 7.43.